The van der Waals surface area contributed by atoms with Gasteiger partial charge in [0.15, 0.2) is 11.6 Å². The highest BCUT2D eigenvalue weighted by molar-refractivity contribution is 5.69. The first-order valence-corrected chi connectivity index (χ1v) is 7.15. The zero-order chi connectivity index (χ0) is 15.2. The lowest BCUT2D eigenvalue weighted by atomic mass is 10.0. The summed E-state index contributed by atoms with van der Waals surface area (Å²) in [4.78, 5) is 8.48. The molecule has 5 nitrogen and oxygen atoms in total. The maximum absolute atomic E-state index is 5.43. The van der Waals surface area contributed by atoms with Crippen LogP contribution in [0.15, 0.2) is 30.6 Å². The Morgan fingerprint density at radius 3 is 2.62 bits per heavy atom. The van der Waals surface area contributed by atoms with Gasteiger partial charge in [0.05, 0.1) is 7.11 Å². The van der Waals surface area contributed by atoms with Crippen molar-refractivity contribution >= 4 is 17.3 Å². The van der Waals surface area contributed by atoms with Crippen LogP contribution in [0.4, 0.5) is 17.3 Å². The summed E-state index contributed by atoms with van der Waals surface area (Å²) in [5.41, 5.74) is 2.26. The zero-order valence-corrected chi connectivity index (χ0v) is 13.0. The van der Waals surface area contributed by atoms with Crippen molar-refractivity contribution in [3.8, 4) is 5.75 Å². The zero-order valence-electron chi connectivity index (χ0n) is 13.0. The van der Waals surface area contributed by atoms with Crippen molar-refractivity contribution in [2.24, 2.45) is 0 Å². The number of hydrogen-bond acceptors (Lipinski definition) is 5. The molecule has 0 atom stereocenters. The quantitative estimate of drug-likeness (QED) is 0.846. The highest BCUT2D eigenvalue weighted by atomic mass is 16.5. The van der Waals surface area contributed by atoms with Gasteiger partial charge in [0, 0.05) is 12.2 Å². The van der Waals surface area contributed by atoms with E-state index in [1.807, 2.05) is 19.1 Å². The van der Waals surface area contributed by atoms with E-state index in [1.165, 1.54) is 11.9 Å². The van der Waals surface area contributed by atoms with Crippen LogP contribution in [0.2, 0.25) is 0 Å². The van der Waals surface area contributed by atoms with Crippen molar-refractivity contribution in [2.45, 2.75) is 26.7 Å². The number of methoxy groups -OCH3 is 1. The third kappa shape index (κ3) is 3.62. The van der Waals surface area contributed by atoms with E-state index in [0.717, 1.165) is 12.2 Å². The molecule has 2 rings (SSSR count). The summed E-state index contributed by atoms with van der Waals surface area (Å²) in [5.74, 6) is 2.45. The van der Waals surface area contributed by atoms with Gasteiger partial charge in [-0.25, -0.2) is 9.97 Å². The van der Waals surface area contributed by atoms with Crippen LogP contribution < -0.4 is 15.4 Å². The maximum atomic E-state index is 5.43. The predicted octanol–water partition coefficient (Wildman–Crippen LogP) is 3.78. The largest absolute Gasteiger partial charge is 0.490 e. The minimum atomic E-state index is 0.483. The lowest BCUT2D eigenvalue weighted by Gasteiger charge is -2.14. The van der Waals surface area contributed by atoms with E-state index in [9.17, 15) is 0 Å². The van der Waals surface area contributed by atoms with Crippen molar-refractivity contribution in [3.05, 3.63) is 36.2 Å². The normalized spacial score (nSPS) is 10.5. The molecule has 0 saturated carbocycles. The topological polar surface area (TPSA) is 59.1 Å². The molecule has 0 aliphatic carbocycles. The monoisotopic (exact) mass is 286 g/mol. The second-order valence-corrected chi connectivity index (χ2v) is 5.04. The number of rotatable bonds is 6. The molecule has 1 aromatic heterocycles. The molecule has 0 fully saturated rings. The lowest BCUT2D eigenvalue weighted by molar-refractivity contribution is 0.415. The molecule has 0 radical (unpaired) electrons. The molecular weight excluding hydrogens is 264 g/mol. The number of ether oxygens (including phenoxy) is 1. The fourth-order valence-electron chi connectivity index (χ4n) is 2.06. The Bertz CT molecular complexity index is 599. The average Bonchev–Trinajstić information content (AvgIpc) is 2.48. The van der Waals surface area contributed by atoms with Gasteiger partial charge in [-0.3, -0.25) is 0 Å². The second kappa shape index (κ2) is 6.92. The predicted molar refractivity (Wildman–Crippen MR) is 86.6 cm³/mol. The maximum Gasteiger partial charge on any atom is 0.204 e. The summed E-state index contributed by atoms with van der Waals surface area (Å²) >= 11 is 0. The van der Waals surface area contributed by atoms with Crippen molar-refractivity contribution in [1.82, 2.24) is 9.97 Å². The minimum absolute atomic E-state index is 0.483. The molecule has 2 N–H and O–H groups in total. The van der Waals surface area contributed by atoms with E-state index in [0.29, 0.717) is 23.3 Å². The molecule has 2 aromatic rings. The molecule has 0 amide bonds. The molecule has 0 unspecified atom stereocenters. The Morgan fingerprint density at radius 2 is 1.95 bits per heavy atom. The molecule has 0 spiro atoms. The number of benzene rings is 1. The second-order valence-electron chi connectivity index (χ2n) is 5.04. The first kappa shape index (κ1) is 15.1. The van der Waals surface area contributed by atoms with Crippen LogP contribution >= 0.6 is 0 Å². The number of nitrogens with one attached hydrogen (secondary N) is 2. The SMILES string of the molecule is CCNc1ncnc(Nc2cccc(C(C)C)c2)c1OC. The van der Waals surface area contributed by atoms with Crippen LogP contribution in [0.5, 0.6) is 5.75 Å². The summed E-state index contributed by atoms with van der Waals surface area (Å²) in [6, 6.07) is 8.30. The van der Waals surface area contributed by atoms with Gasteiger partial charge >= 0.3 is 0 Å². The van der Waals surface area contributed by atoms with Crippen LogP contribution in [0, 0.1) is 0 Å². The first-order valence-electron chi connectivity index (χ1n) is 7.15. The van der Waals surface area contributed by atoms with Gasteiger partial charge in [0.1, 0.15) is 6.33 Å². The molecule has 21 heavy (non-hydrogen) atoms. The Labute approximate surface area is 125 Å². The molecule has 112 valence electrons. The molecule has 0 bridgehead atoms. The van der Waals surface area contributed by atoms with Crippen molar-refractivity contribution in [1.29, 1.82) is 0 Å². The number of hydrogen-bond donors (Lipinski definition) is 2. The van der Waals surface area contributed by atoms with Gasteiger partial charge in [0.25, 0.3) is 0 Å². The lowest BCUT2D eigenvalue weighted by Crippen LogP contribution is -2.06. The average molecular weight is 286 g/mol. The Morgan fingerprint density at radius 1 is 1.19 bits per heavy atom. The third-order valence-electron chi connectivity index (χ3n) is 3.17. The summed E-state index contributed by atoms with van der Waals surface area (Å²) < 4.78 is 5.43. The molecule has 1 heterocycles. The fourth-order valence-corrected chi connectivity index (χ4v) is 2.06. The van der Waals surface area contributed by atoms with Gasteiger partial charge < -0.3 is 15.4 Å². The van der Waals surface area contributed by atoms with E-state index >= 15 is 0 Å². The van der Waals surface area contributed by atoms with E-state index < -0.39 is 0 Å². The van der Waals surface area contributed by atoms with E-state index in [-0.39, 0.29) is 0 Å². The summed E-state index contributed by atoms with van der Waals surface area (Å²) in [7, 11) is 1.62. The van der Waals surface area contributed by atoms with E-state index in [1.54, 1.807) is 7.11 Å². The molecule has 0 saturated heterocycles. The van der Waals surface area contributed by atoms with E-state index in [2.05, 4.69) is 46.6 Å². The van der Waals surface area contributed by atoms with Crippen LogP contribution in [0.25, 0.3) is 0 Å². The molecule has 0 aliphatic rings. The summed E-state index contributed by atoms with van der Waals surface area (Å²) in [6.07, 6.45) is 1.52. The number of anilines is 3. The molecular formula is C16H22N4O. The Kier molecular flexibility index (Phi) is 4.98. The first-order chi connectivity index (χ1) is 10.2. The van der Waals surface area contributed by atoms with Crippen molar-refractivity contribution < 1.29 is 4.74 Å². The minimum Gasteiger partial charge on any atom is -0.490 e. The van der Waals surface area contributed by atoms with Gasteiger partial charge in [-0.2, -0.15) is 0 Å². The summed E-state index contributed by atoms with van der Waals surface area (Å²) in [5, 5.41) is 6.47. The fraction of sp³-hybridized carbons (Fsp3) is 0.375. The number of nitrogens with zero attached hydrogens (tertiary/aromatic N) is 2. The third-order valence-corrected chi connectivity index (χ3v) is 3.17. The standard InChI is InChI=1S/C16H22N4O/c1-5-17-15-14(21-4)16(19-10-18-15)20-13-8-6-7-12(9-13)11(2)3/h6-11H,5H2,1-4H3,(H2,17,18,19,20). The van der Waals surface area contributed by atoms with E-state index in [4.69, 9.17) is 4.74 Å². The van der Waals surface area contributed by atoms with Crippen LogP contribution in [0.3, 0.4) is 0 Å². The van der Waals surface area contributed by atoms with Crippen LogP contribution in [-0.2, 0) is 0 Å². The van der Waals surface area contributed by atoms with Gasteiger partial charge in [0.2, 0.25) is 5.75 Å². The van der Waals surface area contributed by atoms with Gasteiger partial charge in [-0.1, -0.05) is 26.0 Å². The highest BCUT2D eigenvalue weighted by Gasteiger charge is 2.12. The molecule has 0 aliphatic heterocycles. The number of aromatic nitrogens is 2. The summed E-state index contributed by atoms with van der Waals surface area (Å²) in [6.45, 7) is 7.14. The Balaban J connectivity index is 2.30. The van der Waals surface area contributed by atoms with Gasteiger partial charge in [-0.05, 0) is 30.5 Å². The smallest absolute Gasteiger partial charge is 0.204 e. The van der Waals surface area contributed by atoms with Crippen LogP contribution in [-0.4, -0.2) is 23.6 Å². The molecule has 5 heteroatoms. The molecule has 1 aromatic carbocycles. The van der Waals surface area contributed by atoms with Gasteiger partial charge in [-0.15, -0.1) is 0 Å². The Hall–Kier alpha value is -2.30. The van der Waals surface area contributed by atoms with Crippen LogP contribution in [0.1, 0.15) is 32.3 Å². The van der Waals surface area contributed by atoms with Crippen molar-refractivity contribution in [3.63, 3.8) is 0 Å². The highest BCUT2D eigenvalue weighted by Crippen LogP contribution is 2.31. The van der Waals surface area contributed by atoms with Crippen molar-refractivity contribution in [2.75, 3.05) is 24.3 Å².